The molecule has 9 rings (SSSR count). The zero-order valence-corrected chi connectivity index (χ0v) is 55.4. The number of fused-ring (bicyclic) bond motifs is 3. The lowest BCUT2D eigenvalue weighted by Gasteiger charge is -2.35. The summed E-state index contributed by atoms with van der Waals surface area (Å²) in [7, 11) is 0. The van der Waals surface area contributed by atoms with Gasteiger partial charge in [0.15, 0.2) is 5.82 Å². The summed E-state index contributed by atoms with van der Waals surface area (Å²) >= 11 is 13.2. The van der Waals surface area contributed by atoms with Crippen LogP contribution in [-0.4, -0.2) is 232 Å². The topological polar surface area (TPSA) is 291 Å². The number of aromatic nitrogens is 2. The number of phenolic OH excluding ortho intramolecular Hbond substituents is 1. The molecule has 6 aromatic rings. The number of imide groups is 1. The molecule has 5 N–H and O–H groups in total. The van der Waals surface area contributed by atoms with Crippen molar-refractivity contribution in [1.29, 1.82) is 0 Å². The van der Waals surface area contributed by atoms with Gasteiger partial charge in [0.1, 0.15) is 35.5 Å². The zero-order valence-electron chi connectivity index (χ0n) is 53.9. The lowest BCUT2D eigenvalue weighted by atomic mass is 9.96. The summed E-state index contributed by atoms with van der Waals surface area (Å²) in [4.78, 5) is 76.7. The molecule has 0 saturated carbocycles. The molecule has 0 spiro atoms. The molecule has 26 nitrogen and oxygen atoms in total. The lowest BCUT2D eigenvalue weighted by Crippen LogP contribution is -2.52. The number of hydrogen-bond acceptors (Lipinski definition) is 21. The van der Waals surface area contributed by atoms with Crippen LogP contribution in [0.2, 0.25) is 10.0 Å². The van der Waals surface area contributed by atoms with Crippen LogP contribution in [0.5, 0.6) is 11.5 Å². The molecule has 0 radical (unpaired) electrons. The van der Waals surface area contributed by atoms with Crippen LogP contribution in [0.25, 0.3) is 32.8 Å². The Kier molecular flexibility index (Phi) is 29.4. The minimum Gasteiger partial charge on any atom is -0.508 e. The Labute approximate surface area is 571 Å². The van der Waals surface area contributed by atoms with Crippen molar-refractivity contribution >= 4 is 92.0 Å². The first-order chi connectivity index (χ1) is 47.3. The predicted octanol–water partition coefficient (Wildman–Crippen LogP) is 7.18. The standard InChI is InChI=1S/C68H82Cl2FN9O17/c1-2-60(83)78-12-14-79(15-13-78)64-56-43-57(70)61(55-42-51(81)38-47-5-3-4-6-53(47)55)62(71)63(56)76-67(77-64)72-11-16-87-17-18-88-19-20-89-21-22-90-23-24-91-25-26-92-27-28-93-29-30-94-31-32-95-33-34-96-35-36-97-52-40-49(69)39-50(41-52)74-68(86)73-44-46-7-8-54-48(37-46)45-80(66(54)85)58-9-10-59(82)75-65(58)84/h2-8,37-43,58,81H,1,9-36,44-45H2,(H,72,76,77)(H2,73,74,86)(H,75,82,84). The quantitative estimate of drug-likeness (QED) is 0.0144. The van der Waals surface area contributed by atoms with Crippen LogP contribution in [0.4, 0.5) is 26.6 Å². The average molecular weight is 1390 g/mol. The Hall–Kier alpha value is -7.90. The number of amides is 6. The van der Waals surface area contributed by atoms with Crippen molar-refractivity contribution in [2.75, 3.05) is 187 Å². The van der Waals surface area contributed by atoms with Crippen molar-refractivity contribution < 1.29 is 85.6 Å². The van der Waals surface area contributed by atoms with Crippen LogP contribution in [0.1, 0.15) is 34.3 Å². The smallest absolute Gasteiger partial charge is 0.319 e. The Morgan fingerprint density at radius 1 is 0.670 bits per heavy atom. The van der Waals surface area contributed by atoms with Crippen molar-refractivity contribution in [3.05, 3.63) is 124 Å². The van der Waals surface area contributed by atoms with Crippen LogP contribution >= 0.6 is 23.2 Å². The molecule has 4 heterocycles. The Bertz CT molecular complexity index is 3630. The minimum absolute atomic E-state index is 0.0265. The van der Waals surface area contributed by atoms with E-state index in [1.54, 1.807) is 47.4 Å². The first kappa shape index (κ1) is 73.3. The molecule has 0 aliphatic carbocycles. The molecule has 2 fully saturated rings. The van der Waals surface area contributed by atoms with E-state index in [1.807, 2.05) is 35.2 Å². The second-order valence-electron chi connectivity index (χ2n) is 22.3. The number of benzene rings is 5. The summed E-state index contributed by atoms with van der Waals surface area (Å²) in [6, 6.07) is 21.1. The molecule has 6 amide bonds. The summed E-state index contributed by atoms with van der Waals surface area (Å²) in [5.41, 5.74) is 3.02. The maximum absolute atomic E-state index is 16.9. The summed E-state index contributed by atoms with van der Waals surface area (Å²) < 4.78 is 78.7. The van der Waals surface area contributed by atoms with E-state index in [9.17, 15) is 29.1 Å². The van der Waals surface area contributed by atoms with Crippen molar-refractivity contribution in [3.8, 4) is 22.6 Å². The van der Waals surface area contributed by atoms with Crippen LogP contribution in [-0.2, 0) is 74.8 Å². The second kappa shape index (κ2) is 38.9. The maximum Gasteiger partial charge on any atom is 0.319 e. The number of piperidine rings is 1. The molecular formula is C68H82Cl2FN9O17. The number of carbonyl (C=O) groups excluding carboxylic acids is 5. The molecular weight excluding hydrogens is 1300 g/mol. The normalized spacial score (nSPS) is 14.7. The second-order valence-corrected chi connectivity index (χ2v) is 23.2. The Balaban J connectivity index is 0.515. The van der Waals surface area contributed by atoms with E-state index >= 15 is 4.39 Å². The van der Waals surface area contributed by atoms with E-state index in [2.05, 4.69) is 32.8 Å². The number of rotatable bonds is 42. The number of carbonyl (C=O) groups is 5. The van der Waals surface area contributed by atoms with Gasteiger partial charge < -0.3 is 87.9 Å². The van der Waals surface area contributed by atoms with Gasteiger partial charge in [0, 0.05) is 85.5 Å². The Morgan fingerprint density at radius 3 is 1.86 bits per heavy atom. The number of ether oxygens (including phenoxy) is 11. The van der Waals surface area contributed by atoms with Gasteiger partial charge in [-0.2, -0.15) is 4.98 Å². The molecule has 3 aliphatic heterocycles. The fourth-order valence-corrected chi connectivity index (χ4v) is 11.4. The van der Waals surface area contributed by atoms with Crippen LogP contribution in [0.15, 0.2) is 91.5 Å². The lowest BCUT2D eigenvalue weighted by molar-refractivity contribution is -0.137. The highest BCUT2D eigenvalue weighted by Gasteiger charge is 2.39. The van der Waals surface area contributed by atoms with E-state index in [0.717, 1.165) is 16.5 Å². The van der Waals surface area contributed by atoms with Gasteiger partial charge in [-0.3, -0.25) is 24.5 Å². The fourth-order valence-electron chi connectivity index (χ4n) is 10.9. The summed E-state index contributed by atoms with van der Waals surface area (Å²) in [5.74, 6) is -0.813. The molecule has 97 heavy (non-hydrogen) atoms. The number of nitrogens with one attached hydrogen (secondary N) is 4. The number of hydrogen-bond donors (Lipinski definition) is 5. The van der Waals surface area contributed by atoms with Gasteiger partial charge in [0.05, 0.1) is 137 Å². The zero-order chi connectivity index (χ0) is 68.1. The number of aromatic hydroxyl groups is 1. The average Bonchev–Trinajstić information content (AvgIpc) is 1.70. The van der Waals surface area contributed by atoms with E-state index < -0.39 is 23.8 Å². The molecule has 29 heteroatoms. The molecule has 1 aromatic heterocycles. The molecule has 1 unspecified atom stereocenters. The Morgan fingerprint density at radius 2 is 1.26 bits per heavy atom. The number of anilines is 3. The van der Waals surface area contributed by atoms with Gasteiger partial charge in [-0.25, -0.2) is 14.2 Å². The highest BCUT2D eigenvalue weighted by Crippen LogP contribution is 2.42. The first-order valence-electron chi connectivity index (χ1n) is 32.2. The highest BCUT2D eigenvalue weighted by atomic mass is 35.5. The SMILES string of the molecule is C=CC(=O)N1CCN(c2nc(NCCOCCOCCOCCOCCOCCOCCOCCOCCOCCOCCOc3cc(Cl)cc(NC(=O)NCc4ccc5c(c4)CN(C4CCC(=O)NC4=O)C5=O)c3)nc3c(F)c(-c4cc(O)cc5ccccc45)c(Cl)cc23)CC1. The number of halogens is 3. The minimum atomic E-state index is -0.704. The van der Waals surface area contributed by atoms with E-state index in [1.165, 1.54) is 17.0 Å². The van der Waals surface area contributed by atoms with Crippen molar-refractivity contribution in [1.82, 2.24) is 30.4 Å². The van der Waals surface area contributed by atoms with Gasteiger partial charge in [0.2, 0.25) is 23.7 Å². The van der Waals surface area contributed by atoms with Gasteiger partial charge in [0.25, 0.3) is 5.91 Å². The highest BCUT2D eigenvalue weighted by molar-refractivity contribution is 6.35. The van der Waals surface area contributed by atoms with E-state index in [-0.39, 0.29) is 78.1 Å². The third-order valence-corrected chi connectivity index (χ3v) is 16.1. The third kappa shape index (κ3) is 22.3. The van der Waals surface area contributed by atoms with Gasteiger partial charge in [-0.1, -0.05) is 66.2 Å². The molecule has 0 bridgehead atoms. The van der Waals surface area contributed by atoms with E-state index in [4.69, 9.17) is 80.3 Å². The van der Waals surface area contributed by atoms with Gasteiger partial charge in [-0.05, 0) is 76.4 Å². The summed E-state index contributed by atoms with van der Waals surface area (Å²) in [5, 5.41) is 24.0. The first-order valence-corrected chi connectivity index (χ1v) is 32.9. The number of piperazine rings is 1. The van der Waals surface area contributed by atoms with E-state index in [0.29, 0.717) is 209 Å². The van der Waals surface area contributed by atoms with Gasteiger partial charge >= 0.3 is 6.03 Å². The number of nitrogens with zero attached hydrogens (tertiary/aromatic N) is 5. The number of urea groups is 1. The molecule has 2 saturated heterocycles. The van der Waals surface area contributed by atoms with Crippen LogP contribution < -0.4 is 30.9 Å². The van der Waals surface area contributed by atoms with Crippen molar-refractivity contribution in [2.24, 2.45) is 0 Å². The molecule has 3 aliphatic rings. The van der Waals surface area contributed by atoms with Crippen LogP contribution in [0, 0.1) is 5.82 Å². The maximum atomic E-state index is 16.9. The molecule has 1 atom stereocenters. The largest absolute Gasteiger partial charge is 0.508 e. The van der Waals surface area contributed by atoms with Gasteiger partial charge in [-0.15, -0.1) is 0 Å². The number of phenols is 1. The summed E-state index contributed by atoms with van der Waals surface area (Å²) in [6.07, 6.45) is 1.74. The van der Waals surface area contributed by atoms with Crippen molar-refractivity contribution in [3.63, 3.8) is 0 Å². The summed E-state index contributed by atoms with van der Waals surface area (Å²) in [6.45, 7) is 14.2. The van der Waals surface area contributed by atoms with Crippen LogP contribution in [0.3, 0.4) is 0 Å². The molecule has 5 aromatic carbocycles. The third-order valence-electron chi connectivity index (χ3n) is 15.6. The monoisotopic (exact) mass is 1390 g/mol. The fraction of sp³-hybridized carbons (Fsp3) is 0.456. The van der Waals surface area contributed by atoms with Crippen molar-refractivity contribution in [2.45, 2.75) is 32.0 Å². The molecule has 522 valence electrons. The predicted molar refractivity (Wildman–Crippen MR) is 360 cm³/mol.